The highest BCUT2D eigenvalue weighted by atomic mass is 16.7. The first kappa shape index (κ1) is 24.2. The van der Waals surface area contributed by atoms with Gasteiger partial charge in [-0.25, -0.2) is 0 Å². The van der Waals surface area contributed by atoms with Gasteiger partial charge in [0.05, 0.1) is 6.61 Å². The van der Waals surface area contributed by atoms with Gasteiger partial charge in [-0.3, -0.25) is 4.79 Å². The average molecular weight is 355 g/mol. The van der Waals surface area contributed by atoms with Gasteiger partial charge in [-0.1, -0.05) is 90.9 Å². The summed E-state index contributed by atoms with van der Waals surface area (Å²) in [6.07, 6.45) is 21.6. The van der Waals surface area contributed by atoms with Gasteiger partial charge in [0, 0.05) is 0 Å². The van der Waals surface area contributed by atoms with E-state index in [2.05, 4.69) is 13.8 Å². The zero-order valence-corrected chi connectivity index (χ0v) is 16.9. The minimum Gasteiger partial charge on any atom is -0.464 e. The smallest absolute Gasteiger partial charge is 0.189 e. The van der Waals surface area contributed by atoms with Crippen molar-refractivity contribution in [2.24, 2.45) is 0 Å². The molecule has 3 nitrogen and oxygen atoms in total. The molecule has 0 aromatic heterocycles. The number of unbranched alkanes of at least 4 members (excludes halogenated alkanes) is 13. The van der Waals surface area contributed by atoms with Crippen LogP contribution in [0, 0.1) is 0 Å². The molecule has 0 rings (SSSR count). The average Bonchev–Trinajstić information content (AvgIpc) is 2.63. The highest BCUT2D eigenvalue weighted by Crippen LogP contribution is 2.11. The van der Waals surface area contributed by atoms with Crippen molar-refractivity contribution in [2.45, 2.75) is 110 Å². The van der Waals surface area contributed by atoms with Crippen LogP contribution >= 0.6 is 0 Å². The summed E-state index contributed by atoms with van der Waals surface area (Å²) >= 11 is 0. The zero-order valence-electron chi connectivity index (χ0n) is 16.9. The SMILES string of the molecule is CCCCCCCCCCCC=C(C=O)OCOCCCCCCC. The Morgan fingerprint density at radius 2 is 1.24 bits per heavy atom. The number of carbonyl (C=O) groups excluding carboxylic acids is 1. The van der Waals surface area contributed by atoms with Crippen molar-refractivity contribution >= 4 is 6.29 Å². The Hall–Kier alpha value is -0.830. The summed E-state index contributed by atoms with van der Waals surface area (Å²) in [7, 11) is 0. The predicted molar refractivity (Wildman–Crippen MR) is 107 cm³/mol. The van der Waals surface area contributed by atoms with E-state index in [1.807, 2.05) is 6.08 Å². The van der Waals surface area contributed by atoms with E-state index in [9.17, 15) is 4.79 Å². The number of ether oxygens (including phenoxy) is 2. The molecule has 3 heteroatoms. The van der Waals surface area contributed by atoms with Crippen molar-refractivity contribution in [3.05, 3.63) is 11.8 Å². The van der Waals surface area contributed by atoms with Crippen LogP contribution in [0.15, 0.2) is 11.8 Å². The van der Waals surface area contributed by atoms with Crippen LogP contribution in [-0.2, 0) is 14.3 Å². The van der Waals surface area contributed by atoms with Gasteiger partial charge in [0.15, 0.2) is 18.8 Å². The number of carbonyl (C=O) groups is 1. The maximum Gasteiger partial charge on any atom is 0.189 e. The van der Waals surface area contributed by atoms with Gasteiger partial charge >= 0.3 is 0 Å². The molecule has 0 bridgehead atoms. The number of hydrogen-bond acceptors (Lipinski definition) is 3. The molecule has 148 valence electrons. The minimum atomic E-state index is 0.191. The van der Waals surface area contributed by atoms with Gasteiger partial charge in [0.1, 0.15) is 0 Å². The van der Waals surface area contributed by atoms with Crippen LogP contribution in [0.2, 0.25) is 0 Å². The maximum absolute atomic E-state index is 11.0. The standard InChI is InChI=1S/C22H42O3/c1-3-5-7-9-10-11-12-13-14-16-18-22(20-23)25-21-24-19-17-15-8-6-4-2/h18,20H,3-17,19,21H2,1-2H3. The van der Waals surface area contributed by atoms with Crippen LogP contribution in [0.25, 0.3) is 0 Å². The summed E-state index contributed by atoms with van der Waals surface area (Å²) in [4.78, 5) is 11.0. The molecular weight excluding hydrogens is 312 g/mol. The Morgan fingerprint density at radius 3 is 1.80 bits per heavy atom. The fraction of sp³-hybridized carbons (Fsp3) is 0.864. The first-order chi connectivity index (χ1) is 12.3. The van der Waals surface area contributed by atoms with Crippen LogP contribution in [0.4, 0.5) is 0 Å². The third-order valence-corrected chi connectivity index (χ3v) is 4.47. The molecule has 0 radical (unpaired) electrons. The quantitative estimate of drug-likeness (QED) is 0.0780. The third-order valence-electron chi connectivity index (χ3n) is 4.47. The first-order valence-electron chi connectivity index (χ1n) is 10.7. The number of allylic oxidation sites excluding steroid dienone is 2. The van der Waals surface area contributed by atoms with Gasteiger partial charge < -0.3 is 9.47 Å². The summed E-state index contributed by atoms with van der Waals surface area (Å²) < 4.78 is 10.8. The Kier molecular flexibility index (Phi) is 20.5. The molecule has 0 saturated carbocycles. The van der Waals surface area contributed by atoms with E-state index in [4.69, 9.17) is 9.47 Å². The van der Waals surface area contributed by atoms with Crippen LogP contribution in [0.5, 0.6) is 0 Å². The summed E-state index contributed by atoms with van der Waals surface area (Å²) in [5, 5.41) is 0. The summed E-state index contributed by atoms with van der Waals surface area (Å²) in [6.45, 7) is 5.38. The molecule has 0 aliphatic rings. The van der Waals surface area contributed by atoms with E-state index in [0.717, 1.165) is 25.5 Å². The molecule has 0 atom stereocenters. The zero-order chi connectivity index (χ0) is 18.4. The van der Waals surface area contributed by atoms with Crippen molar-refractivity contribution < 1.29 is 14.3 Å². The monoisotopic (exact) mass is 354 g/mol. The summed E-state index contributed by atoms with van der Waals surface area (Å²) in [5.74, 6) is 0.422. The lowest BCUT2D eigenvalue weighted by Gasteiger charge is -2.07. The second-order valence-electron chi connectivity index (χ2n) is 6.93. The van der Waals surface area contributed by atoms with Gasteiger partial charge in [0.25, 0.3) is 0 Å². The van der Waals surface area contributed by atoms with E-state index in [-0.39, 0.29) is 6.79 Å². The second kappa shape index (κ2) is 21.2. The van der Waals surface area contributed by atoms with Crippen molar-refractivity contribution in [3.63, 3.8) is 0 Å². The molecule has 0 aliphatic heterocycles. The molecular formula is C22H42O3. The highest BCUT2D eigenvalue weighted by Gasteiger charge is 1.97. The Balaban J connectivity index is 3.42. The van der Waals surface area contributed by atoms with Gasteiger partial charge in [-0.05, 0) is 25.3 Å². The van der Waals surface area contributed by atoms with E-state index in [0.29, 0.717) is 12.4 Å². The highest BCUT2D eigenvalue weighted by molar-refractivity contribution is 5.69. The maximum atomic E-state index is 11.0. The van der Waals surface area contributed by atoms with Gasteiger partial charge in [-0.15, -0.1) is 0 Å². The molecule has 0 unspecified atom stereocenters. The lowest BCUT2D eigenvalue weighted by Crippen LogP contribution is -2.02. The Bertz CT molecular complexity index is 300. The van der Waals surface area contributed by atoms with Crippen LogP contribution < -0.4 is 0 Å². The van der Waals surface area contributed by atoms with Crippen LogP contribution in [0.1, 0.15) is 110 Å². The minimum absolute atomic E-state index is 0.191. The normalized spacial score (nSPS) is 11.7. The second-order valence-corrected chi connectivity index (χ2v) is 6.93. The summed E-state index contributed by atoms with van der Waals surface area (Å²) in [6, 6.07) is 0. The van der Waals surface area contributed by atoms with E-state index >= 15 is 0 Å². The molecule has 0 aromatic rings. The molecule has 0 amide bonds. The molecule has 0 N–H and O–H groups in total. The summed E-state index contributed by atoms with van der Waals surface area (Å²) in [5.41, 5.74) is 0. The third kappa shape index (κ3) is 19.3. The molecule has 0 fully saturated rings. The molecule has 0 aromatic carbocycles. The van der Waals surface area contributed by atoms with Crippen LogP contribution in [-0.4, -0.2) is 19.7 Å². The van der Waals surface area contributed by atoms with Crippen LogP contribution in [0.3, 0.4) is 0 Å². The lowest BCUT2D eigenvalue weighted by molar-refractivity contribution is -0.111. The molecule has 0 spiro atoms. The Morgan fingerprint density at radius 1 is 0.720 bits per heavy atom. The number of rotatable bonds is 20. The van der Waals surface area contributed by atoms with Crippen molar-refractivity contribution in [1.29, 1.82) is 0 Å². The lowest BCUT2D eigenvalue weighted by atomic mass is 10.1. The fourth-order valence-corrected chi connectivity index (χ4v) is 2.82. The fourth-order valence-electron chi connectivity index (χ4n) is 2.82. The van der Waals surface area contributed by atoms with E-state index in [1.165, 1.54) is 77.0 Å². The van der Waals surface area contributed by atoms with Gasteiger partial charge in [-0.2, -0.15) is 0 Å². The molecule has 0 saturated heterocycles. The molecule has 0 heterocycles. The van der Waals surface area contributed by atoms with Gasteiger partial charge in [0.2, 0.25) is 0 Å². The molecule has 0 aliphatic carbocycles. The largest absolute Gasteiger partial charge is 0.464 e. The van der Waals surface area contributed by atoms with E-state index < -0.39 is 0 Å². The van der Waals surface area contributed by atoms with Crippen molar-refractivity contribution in [2.75, 3.05) is 13.4 Å². The number of aldehydes is 1. The van der Waals surface area contributed by atoms with Crippen molar-refractivity contribution in [1.82, 2.24) is 0 Å². The van der Waals surface area contributed by atoms with Crippen molar-refractivity contribution in [3.8, 4) is 0 Å². The van der Waals surface area contributed by atoms with E-state index in [1.54, 1.807) is 0 Å². The topological polar surface area (TPSA) is 35.5 Å². The first-order valence-corrected chi connectivity index (χ1v) is 10.7. The number of hydrogen-bond donors (Lipinski definition) is 0. The molecule has 25 heavy (non-hydrogen) atoms. The Labute approximate surface area is 156 Å². The predicted octanol–water partition coefficient (Wildman–Crippen LogP) is 6.95.